The Morgan fingerprint density at radius 1 is 1.40 bits per heavy atom. The van der Waals surface area contributed by atoms with Gasteiger partial charge in [0, 0.05) is 5.41 Å². The highest BCUT2D eigenvalue weighted by atomic mass is 35.5. The van der Waals surface area contributed by atoms with Gasteiger partial charge in [0.2, 0.25) is 0 Å². The molecular formula is C15H17ClO4. The van der Waals surface area contributed by atoms with Crippen molar-refractivity contribution in [1.29, 1.82) is 0 Å². The fourth-order valence-electron chi connectivity index (χ4n) is 2.98. The van der Waals surface area contributed by atoms with E-state index in [1.165, 1.54) is 0 Å². The van der Waals surface area contributed by atoms with Crippen molar-refractivity contribution in [3.05, 3.63) is 22.2 Å². The molecule has 0 amide bonds. The predicted octanol–water partition coefficient (Wildman–Crippen LogP) is 3.18. The van der Waals surface area contributed by atoms with Crippen LogP contribution in [0.5, 0.6) is 11.5 Å². The number of aliphatic carboxylic acids is 1. The molecule has 1 N–H and O–H groups in total. The second kappa shape index (κ2) is 4.85. The van der Waals surface area contributed by atoms with Gasteiger partial charge in [-0.3, -0.25) is 4.79 Å². The van der Waals surface area contributed by atoms with Crippen LogP contribution in [-0.2, 0) is 16.6 Å². The zero-order valence-corrected chi connectivity index (χ0v) is 12.1. The highest BCUT2D eigenvalue weighted by molar-refractivity contribution is 6.33. The normalized spacial score (nSPS) is 18.7. The maximum Gasteiger partial charge on any atom is 0.304 e. The van der Waals surface area contributed by atoms with Gasteiger partial charge in [-0.15, -0.1) is 0 Å². The molecule has 1 heterocycles. The van der Waals surface area contributed by atoms with E-state index in [2.05, 4.69) is 0 Å². The van der Waals surface area contributed by atoms with Crippen LogP contribution in [0.2, 0.25) is 5.02 Å². The van der Waals surface area contributed by atoms with E-state index in [4.69, 9.17) is 26.2 Å². The van der Waals surface area contributed by atoms with Gasteiger partial charge in [0.15, 0.2) is 11.5 Å². The van der Waals surface area contributed by atoms with Crippen LogP contribution in [0.4, 0.5) is 0 Å². The number of halogens is 1. The zero-order chi connectivity index (χ0) is 14.3. The van der Waals surface area contributed by atoms with E-state index in [0.717, 1.165) is 30.4 Å². The Bertz CT molecular complexity index is 563. The first-order chi connectivity index (χ1) is 9.57. The van der Waals surface area contributed by atoms with E-state index in [1.54, 1.807) is 0 Å². The maximum atomic E-state index is 11.1. The van der Waals surface area contributed by atoms with Crippen LogP contribution >= 0.6 is 11.6 Å². The molecular weight excluding hydrogens is 280 g/mol. The highest BCUT2D eigenvalue weighted by Crippen LogP contribution is 2.56. The van der Waals surface area contributed by atoms with Gasteiger partial charge in [0.05, 0.1) is 11.4 Å². The SMILES string of the molecule is CCc1c(C2(CC(=O)O)CC2)cc2c(c1Cl)OCCO2. The smallest absolute Gasteiger partial charge is 0.304 e. The minimum atomic E-state index is -0.768. The van der Waals surface area contributed by atoms with Crippen LogP contribution in [0.1, 0.15) is 37.3 Å². The van der Waals surface area contributed by atoms with E-state index in [0.29, 0.717) is 29.7 Å². The molecule has 0 aromatic heterocycles. The first kappa shape index (κ1) is 13.6. The summed E-state index contributed by atoms with van der Waals surface area (Å²) in [6.07, 6.45) is 2.69. The molecule has 2 aliphatic rings. The number of benzene rings is 1. The quantitative estimate of drug-likeness (QED) is 0.927. The van der Waals surface area contributed by atoms with Gasteiger partial charge in [-0.2, -0.15) is 0 Å². The van der Waals surface area contributed by atoms with E-state index >= 15 is 0 Å². The van der Waals surface area contributed by atoms with Crippen LogP contribution in [-0.4, -0.2) is 24.3 Å². The largest absolute Gasteiger partial charge is 0.486 e. The first-order valence-electron chi connectivity index (χ1n) is 6.90. The van der Waals surface area contributed by atoms with Crippen molar-refractivity contribution in [1.82, 2.24) is 0 Å². The van der Waals surface area contributed by atoms with Crippen molar-refractivity contribution >= 4 is 17.6 Å². The molecule has 1 aliphatic heterocycles. The molecule has 0 atom stereocenters. The van der Waals surface area contributed by atoms with Crippen LogP contribution in [0, 0.1) is 0 Å². The maximum absolute atomic E-state index is 11.1. The minimum absolute atomic E-state index is 0.149. The highest BCUT2D eigenvalue weighted by Gasteiger charge is 2.48. The fourth-order valence-corrected chi connectivity index (χ4v) is 3.37. The molecule has 0 radical (unpaired) electrons. The van der Waals surface area contributed by atoms with Crippen molar-refractivity contribution in [2.24, 2.45) is 0 Å². The molecule has 108 valence electrons. The number of fused-ring (bicyclic) bond motifs is 1. The molecule has 1 aromatic carbocycles. The summed E-state index contributed by atoms with van der Waals surface area (Å²) in [7, 11) is 0. The standard InChI is InChI=1S/C15H17ClO4/c1-2-9-10(15(3-4-15)8-12(17)18)7-11-14(13(9)16)20-6-5-19-11/h7H,2-6,8H2,1H3,(H,17,18). The Balaban J connectivity index is 2.11. The molecule has 0 spiro atoms. The molecule has 0 unspecified atom stereocenters. The zero-order valence-electron chi connectivity index (χ0n) is 11.4. The average Bonchev–Trinajstić information content (AvgIpc) is 3.18. The summed E-state index contributed by atoms with van der Waals surface area (Å²) in [5, 5.41) is 9.71. The topological polar surface area (TPSA) is 55.8 Å². The lowest BCUT2D eigenvalue weighted by Gasteiger charge is -2.25. The number of carboxylic acids is 1. The van der Waals surface area contributed by atoms with Gasteiger partial charge in [0.25, 0.3) is 0 Å². The lowest BCUT2D eigenvalue weighted by atomic mass is 9.87. The summed E-state index contributed by atoms with van der Waals surface area (Å²) in [5.74, 6) is 0.477. The summed E-state index contributed by atoms with van der Waals surface area (Å²) in [6.45, 7) is 3.02. The first-order valence-corrected chi connectivity index (χ1v) is 7.28. The van der Waals surface area contributed by atoms with E-state index < -0.39 is 5.97 Å². The lowest BCUT2D eigenvalue weighted by molar-refractivity contribution is -0.137. The van der Waals surface area contributed by atoms with Crippen molar-refractivity contribution in [2.75, 3.05) is 13.2 Å². The lowest BCUT2D eigenvalue weighted by Crippen LogP contribution is -2.20. The van der Waals surface area contributed by atoms with Gasteiger partial charge in [-0.1, -0.05) is 18.5 Å². The van der Waals surface area contributed by atoms with Gasteiger partial charge in [-0.05, 0) is 36.5 Å². The average molecular weight is 297 g/mol. The van der Waals surface area contributed by atoms with Crippen LogP contribution in [0.3, 0.4) is 0 Å². The summed E-state index contributed by atoms with van der Waals surface area (Å²) in [5.41, 5.74) is 1.75. The Kier molecular flexibility index (Phi) is 3.28. The molecule has 20 heavy (non-hydrogen) atoms. The molecule has 0 bridgehead atoms. The third-order valence-corrected chi connectivity index (χ3v) is 4.54. The molecule has 1 fully saturated rings. The van der Waals surface area contributed by atoms with Crippen LogP contribution in [0.25, 0.3) is 0 Å². The molecule has 0 saturated heterocycles. The molecule has 1 saturated carbocycles. The Hall–Kier alpha value is -1.42. The fraction of sp³-hybridized carbons (Fsp3) is 0.533. The van der Waals surface area contributed by atoms with Gasteiger partial charge < -0.3 is 14.6 Å². The number of carboxylic acid groups (broad SMARTS) is 1. The van der Waals surface area contributed by atoms with Gasteiger partial charge in [-0.25, -0.2) is 0 Å². The van der Waals surface area contributed by atoms with Gasteiger partial charge >= 0.3 is 5.97 Å². The summed E-state index contributed by atoms with van der Waals surface area (Å²) in [6, 6.07) is 1.94. The molecule has 4 nitrogen and oxygen atoms in total. The number of ether oxygens (including phenoxy) is 2. The third kappa shape index (κ3) is 2.12. The number of rotatable bonds is 4. The summed E-state index contributed by atoms with van der Waals surface area (Å²) in [4.78, 5) is 11.1. The Morgan fingerprint density at radius 3 is 2.70 bits per heavy atom. The molecule has 1 aliphatic carbocycles. The van der Waals surface area contributed by atoms with E-state index in [-0.39, 0.29) is 11.8 Å². The van der Waals surface area contributed by atoms with E-state index in [1.807, 2.05) is 13.0 Å². The second-order valence-corrected chi connectivity index (χ2v) is 5.82. The van der Waals surface area contributed by atoms with Crippen LogP contribution < -0.4 is 9.47 Å². The minimum Gasteiger partial charge on any atom is -0.486 e. The van der Waals surface area contributed by atoms with Crippen molar-refractivity contribution < 1.29 is 19.4 Å². The van der Waals surface area contributed by atoms with Gasteiger partial charge in [0.1, 0.15) is 13.2 Å². The molecule has 1 aromatic rings. The Morgan fingerprint density at radius 2 is 2.10 bits per heavy atom. The predicted molar refractivity (Wildman–Crippen MR) is 75.0 cm³/mol. The number of hydrogen-bond donors (Lipinski definition) is 1. The summed E-state index contributed by atoms with van der Waals surface area (Å²) < 4.78 is 11.2. The monoisotopic (exact) mass is 296 g/mol. The summed E-state index contributed by atoms with van der Waals surface area (Å²) >= 11 is 6.45. The van der Waals surface area contributed by atoms with Crippen molar-refractivity contribution in [3.8, 4) is 11.5 Å². The van der Waals surface area contributed by atoms with Crippen molar-refractivity contribution in [3.63, 3.8) is 0 Å². The number of carbonyl (C=O) groups is 1. The van der Waals surface area contributed by atoms with E-state index in [9.17, 15) is 4.79 Å². The van der Waals surface area contributed by atoms with Crippen LogP contribution in [0.15, 0.2) is 6.07 Å². The Labute approximate surface area is 122 Å². The third-order valence-electron chi connectivity index (χ3n) is 4.14. The molecule has 5 heteroatoms. The molecule has 3 rings (SSSR count). The number of hydrogen-bond acceptors (Lipinski definition) is 3. The van der Waals surface area contributed by atoms with Crippen molar-refractivity contribution in [2.45, 2.75) is 38.0 Å². The second-order valence-electron chi connectivity index (χ2n) is 5.45.